The smallest absolute Gasteiger partial charge is 0.410 e. The molecule has 0 saturated carbocycles. The van der Waals surface area contributed by atoms with E-state index in [0.29, 0.717) is 12.2 Å². The van der Waals surface area contributed by atoms with Gasteiger partial charge in [0.2, 0.25) is 0 Å². The van der Waals surface area contributed by atoms with Crippen LogP contribution in [-0.2, 0) is 6.42 Å². The van der Waals surface area contributed by atoms with E-state index in [1.165, 1.54) is 12.4 Å². The summed E-state index contributed by atoms with van der Waals surface area (Å²) in [4.78, 5) is 22.6. The summed E-state index contributed by atoms with van der Waals surface area (Å²) in [6.45, 7) is 1.83. The van der Waals surface area contributed by atoms with Gasteiger partial charge in [0.15, 0.2) is 11.6 Å². The molecule has 2 N–H and O–H groups in total. The van der Waals surface area contributed by atoms with Gasteiger partial charge in [-0.05, 0) is 35.7 Å². The monoisotopic (exact) mass is 388 g/mol. The minimum atomic E-state index is -1.18. The van der Waals surface area contributed by atoms with Gasteiger partial charge in [0.05, 0.1) is 11.2 Å². The Bertz CT molecular complexity index is 983. The molecular formula is C18H14ClFN4O3. The fourth-order valence-corrected chi connectivity index (χ4v) is 2.49. The normalized spacial score (nSPS) is 10.5. The molecule has 9 heteroatoms. The molecule has 3 aromatic rings. The van der Waals surface area contributed by atoms with Gasteiger partial charge in [-0.15, -0.1) is 0 Å². The van der Waals surface area contributed by atoms with Crippen molar-refractivity contribution in [3.63, 3.8) is 0 Å². The van der Waals surface area contributed by atoms with Gasteiger partial charge in [-0.25, -0.2) is 19.2 Å². The average Bonchev–Trinajstić information content (AvgIpc) is 2.62. The van der Waals surface area contributed by atoms with E-state index in [1.807, 2.05) is 6.92 Å². The first kappa shape index (κ1) is 18.5. The number of hydrogen-bond donors (Lipinski definition) is 2. The van der Waals surface area contributed by atoms with E-state index in [1.54, 1.807) is 24.5 Å². The van der Waals surface area contributed by atoms with E-state index in [9.17, 15) is 9.18 Å². The van der Waals surface area contributed by atoms with Gasteiger partial charge in [-0.2, -0.15) is 0 Å². The van der Waals surface area contributed by atoms with Crippen molar-refractivity contribution in [1.29, 1.82) is 0 Å². The SMILES string of the molecule is Cc1c(Cc2ccc(NC(=O)O)nc2)cncc1Oc1ncc(Cl)cc1F. The van der Waals surface area contributed by atoms with Crippen molar-refractivity contribution >= 4 is 23.5 Å². The average molecular weight is 389 g/mol. The third-order valence-electron chi connectivity index (χ3n) is 3.71. The summed E-state index contributed by atoms with van der Waals surface area (Å²) in [5, 5.41) is 11.0. The standard InChI is InChI=1S/C18H14ClFN4O3/c1-10-12(4-11-2-3-16(22-6-11)24-18(25)26)7-21-9-15(10)27-17-14(20)5-13(19)8-23-17/h2-3,5-9H,4H2,1H3,(H,22,24)(H,25,26). The number of carbonyl (C=O) groups is 1. The molecule has 0 aromatic carbocycles. The highest BCUT2D eigenvalue weighted by Gasteiger charge is 2.12. The Hall–Kier alpha value is -3.26. The van der Waals surface area contributed by atoms with Gasteiger partial charge in [0.1, 0.15) is 5.82 Å². The molecule has 3 heterocycles. The molecule has 7 nitrogen and oxygen atoms in total. The van der Waals surface area contributed by atoms with Crippen molar-refractivity contribution in [2.75, 3.05) is 5.32 Å². The maximum atomic E-state index is 13.9. The molecule has 0 spiro atoms. The highest BCUT2D eigenvalue weighted by molar-refractivity contribution is 6.30. The Morgan fingerprint density at radius 3 is 2.74 bits per heavy atom. The van der Waals surface area contributed by atoms with Crippen molar-refractivity contribution in [2.24, 2.45) is 0 Å². The number of amides is 1. The second-order valence-electron chi connectivity index (χ2n) is 5.62. The molecule has 3 aromatic heterocycles. The van der Waals surface area contributed by atoms with Gasteiger partial charge in [-0.1, -0.05) is 17.7 Å². The highest BCUT2D eigenvalue weighted by Crippen LogP contribution is 2.28. The maximum absolute atomic E-state index is 13.9. The van der Waals surface area contributed by atoms with Gasteiger partial charge in [0, 0.05) is 25.0 Å². The number of aromatic nitrogens is 3. The Morgan fingerprint density at radius 2 is 2.07 bits per heavy atom. The number of anilines is 1. The van der Waals surface area contributed by atoms with Gasteiger partial charge in [0.25, 0.3) is 5.88 Å². The van der Waals surface area contributed by atoms with Crippen LogP contribution in [0.3, 0.4) is 0 Å². The molecule has 138 valence electrons. The molecule has 0 aliphatic carbocycles. The lowest BCUT2D eigenvalue weighted by Crippen LogP contribution is -2.08. The Kier molecular flexibility index (Phi) is 5.46. The van der Waals surface area contributed by atoms with E-state index in [2.05, 4.69) is 20.3 Å². The maximum Gasteiger partial charge on any atom is 0.410 e. The number of halogens is 2. The first-order valence-corrected chi connectivity index (χ1v) is 8.17. The first-order valence-electron chi connectivity index (χ1n) is 7.79. The summed E-state index contributed by atoms with van der Waals surface area (Å²) in [7, 11) is 0. The van der Waals surface area contributed by atoms with E-state index in [-0.39, 0.29) is 16.7 Å². The molecule has 0 atom stereocenters. The predicted octanol–water partition coefficient (Wildman–Crippen LogP) is 4.45. The highest BCUT2D eigenvalue weighted by atomic mass is 35.5. The molecule has 0 unspecified atom stereocenters. The molecule has 0 aliphatic rings. The summed E-state index contributed by atoms with van der Waals surface area (Å²) in [6.07, 6.45) is 5.34. The van der Waals surface area contributed by atoms with Crippen LogP contribution in [-0.4, -0.2) is 26.2 Å². The molecule has 0 aliphatic heterocycles. The molecule has 0 fully saturated rings. The number of nitrogens with one attached hydrogen (secondary N) is 1. The Balaban J connectivity index is 1.79. The minimum Gasteiger partial charge on any atom is -0.465 e. The zero-order valence-corrected chi connectivity index (χ0v) is 14.9. The molecule has 3 rings (SSSR count). The predicted molar refractivity (Wildman–Crippen MR) is 96.9 cm³/mol. The Labute approximate surface area is 158 Å². The van der Waals surface area contributed by atoms with Crippen LogP contribution in [0.15, 0.2) is 43.0 Å². The number of pyridine rings is 3. The third kappa shape index (κ3) is 4.68. The van der Waals surface area contributed by atoms with E-state index in [4.69, 9.17) is 21.4 Å². The van der Waals surface area contributed by atoms with Crippen LogP contribution in [0.5, 0.6) is 11.6 Å². The number of rotatable bonds is 5. The lowest BCUT2D eigenvalue weighted by atomic mass is 10.0. The summed E-state index contributed by atoms with van der Waals surface area (Å²) < 4.78 is 19.4. The zero-order valence-electron chi connectivity index (χ0n) is 14.1. The molecule has 1 amide bonds. The second kappa shape index (κ2) is 7.96. The van der Waals surface area contributed by atoms with Crippen LogP contribution in [0, 0.1) is 12.7 Å². The molecule has 0 saturated heterocycles. The second-order valence-corrected chi connectivity index (χ2v) is 6.06. The van der Waals surface area contributed by atoms with E-state index < -0.39 is 11.9 Å². The lowest BCUT2D eigenvalue weighted by molar-refractivity contribution is 0.209. The molecule has 0 radical (unpaired) electrons. The number of nitrogens with zero attached hydrogens (tertiary/aromatic N) is 3. The fraction of sp³-hybridized carbons (Fsp3) is 0.111. The van der Waals surface area contributed by atoms with Crippen LogP contribution >= 0.6 is 11.6 Å². The number of ether oxygens (including phenoxy) is 1. The molecule has 0 bridgehead atoms. The van der Waals surface area contributed by atoms with Gasteiger partial charge >= 0.3 is 6.09 Å². The topological polar surface area (TPSA) is 97.2 Å². The van der Waals surface area contributed by atoms with Crippen LogP contribution in [0.25, 0.3) is 0 Å². The van der Waals surface area contributed by atoms with Crippen molar-refractivity contribution in [3.8, 4) is 11.6 Å². The fourth-order valence-electron chi connectivity index (χ4n) is 2.34. The summed E-state index contributed by atoms with van der Waals surface area (Å²) in [6, 6.07) is 4.44. The first-order chi connectivity index (χ1) is 12.9. The van der Waals surface area contributed by atoms with Gasteiger partial charge < -0.3 is 9.84 Å². The van der Waals surface area contributed by atoms with Crippen LogP contribution in [0.4, 0.5) is 15.0 Å². The number of hydrogen-bond acceptors (Lipinski definition) is 5. The van der Waals surface area contributed by atoms with Crippen LogP contribution < -0.4 is 10.1 Å². The van der Waals surface area contributed by atoms with Crippen LogP contribution in [0.2, 0.25) is 5.02 Å². The summed E-state index contributed by atoms with van der Waals surface area (Å²) >= 11 is 5.69. The summed E-state index contributed by atoms with van der Waals surface area (Å²) in [5.74, 6) is -0.244. The third-order valence-corrected chi connectivity index (χ3v) is 3.92. The Morgan fingerprint density at radius 1 is 1.26 bits per heavy atom. The van der Waals surface area contributed by atoms with Crippen molar-refractivity contribution < 1.29 is 19.0 Å². The summed E-state index contributed by atoms with van der Waals surface area (Å²) in [5.41, 5.74) is 2.47. The molecular weight excluding hydrogens is 375 g/mol. The lowest BCUT2D eigenvalue weighted by Gasteiger charge is -2.12. The molecule has 27 heavy (non-hydrogen) atoms. The quantitative estimate of drug-likeness (QED) is 0.670. The van der Waals surface area contributed by atoms with E-state index in [0.717, 1.165) is 22.8 Å². The zero-order chi connectivity index (χ0) is 19.4. The van der Waals surface area contributed by atoms with Crippen LogP contribution in [0.1, 0.15) is 16.7 Å². The van der Waals surface area contributed by atoms with Crippen molar-refractivity contribution in [2.45, 2.75) is 13.3 Å². The minimum absolute atomic E-state index is 0.178. The number of carboxylic acid groups (broad SMARTS) is 1. The van der Waals surface area contributed by atoms with Crippen molar-refractivity contribution in [3.05, 3.63) is 70.5 Å². The van der Waals surface area contributed by atoms with Gasteiger partial charge in [-0.3, -0.25) is 10.3 Å². The van der Waals surface area contributed by atoms with E-state index >= 15 is 0 Å². The van der Waals surface area contributed by atoms with Crippen molar-refractivity contribution in [1.82, 2.24) is 15.0 Å². The largest absolute Gasteiger partial charge is 0.465 e.